The number of imidazole rings is 1. The average molecular weight is 453 g/mol. The number of primary amides is 1. The zero-order valence-corrected chi connectivity index (χ0v) is 17.1. The Morgan fingerprint density at radius 2 is 1.85 bits per heavy atom. The van der Waals surface area contributed by atoms with Crippen molar-refractivity contribution in [2.45, 2.75) is 6.42 Å². The van der Waals surface area contributed by atoms with Crippen molar-refractivity contribution in [1.29, 1.82) is 0 Å². The molecule has 170 valence electrons. The Morgan fingerprint density at radius 3 is 2.58 bits per heavy atom. The van der Waals surface area contributed by atoms with E-state index in [0.29, 0.717) is 35.2 Å². The number of nitrogens with two attached hydrogens (primary N) is 1. The normalized spacial score (nSPS) is 11.6. The summed E-state index contributed by atoms with van der Waals surface area (Å²) in [7, 11) is 0. The molecule has 0 atom stereocenters. The number of nitrogens with zero attached hydrogens (tertiary/aromatic N) is 1. The average Bonchev–Trinajstić information content (AvgIpc) is 3.39. The highest BCUT2D eigenvalue weighted by molar-refractivity contribution is 6.04. The number of aromatic amines is 1. The van der Waals surface area contributed by atoms with Crippen molar-refractivity contribution < 1.29 is 33.7 Å². The molecule has 2 aromatic carbocycles. The predicted octanol–water partition coefficient (Wildman–Crippen LogP) is 1.94. The lowest BCUT2D eigenvalue weighted by Crippen LogP contribution is -2.22. The first-order chi connectivity index (χ1) is 15.9. The molecule has 0 fully saturated rings. The lowest BCUT2D eigenvalue weighted by Gasteiger charge is -2.07. The lowest BCUT2D eigenvalue weighted by molar-refractivity contribution is -0.139. The third-order valence-corrected chi connectivity index (χ3v) is 4.52. The van der Waals surface area contributed by atoms with Gasteiger partial charge < -0.3 is 35.4 Å². The van der Waals surface area contributed by atoms with Crippen LogP contribution in [-0.4, -0.2) is 46.4 Å². The number of fused-ring (bicyclic) bond motifs is 1. The molecule has 0 radical (unpaired) electrons. The standard InChI is InChI=1S/C21H19N5O7/c22-19(29)18-20(26-21(30)23-12-3-6-14-15(8-12)33-10-32-14)25-16(24-18)7-11-1-4-13(5-2-11)31-9-17(27)28/h1-6,8H,7,9-10H2,(H2,22,29)(H,24,25)(H,27,28)(H2,23,26,30). The molecule has 12 nitrogen and oxygen atoms in total. The van der Waals surface area contributed by atoms with Gasteiger partial charge in [-0.1, -0.05) is 12.1 Å². The molecule has 0 saturated carbocycles. The Bertz CT molecular complexity index is 1210. The second-order valence-corrected chi connectivity index (χ2v) is 6.92. The summed E-state index contributed by atoms with van der Waals surface area (Å²) in [6, 6.07) is 11.0. The number of carbonyl (C=O) groups excluding carboxylic acids is 2. The molecule has 0 unspecified atom stereocenters. The molecule has 0 spiro atoms. The minimum atomic E-state index is -1.07. The van der Waals surface area contributed by atoms with Crippen LogP contribution in [0.25, 0.3) is 0 Å². The van der Waals surface area contributed by atoms with Crippen LogP contribution in [0.5, 0.6) is 17.2 Å². The highest BCUT2D eigenvalue weighted by atomic mass is 16.7. The highest BCUT2D eigenvalue weighted by Gasteiger charge is 2.19. The summed E-state index contributed by atoms with van der Waals surface area (Å²) in [5, 5.41) is 13.8. The zero-order chi connectivity index (χ0) is 23.4. The number of ether oxygens (including phenoxy) is 3. The van der Waals surface area contributed by atoms with Gasteiger partial charge in [-0.15, -0.1) is 0 Å². The molecule has 6 N–H and O–H groups in total. The van der Waals surface area contributed by atoms with Crippen molar-refractivity contribution in [3.05, 3.63) is 59.5 Å². The first-order valence-electron chi connectivity index (χ1n) is 9.67. The van der Waals surface area contributed by atoms with Crippen LogP contribution < -0.4 is 30.6 Å². The SMILES string of the molecule is NC(=O)c1[nH]c(Cc2ccc(OCC(=O)O)cc2)nc1NC(=O)Nc1ccc2c(c1)OCO2. The molecule has 1 aliphatic rings. The number of rotatable bonds is 8. The number of hydrogen-bond acceptors (Lipinski definition) is 7. The van der Waals surface area contributed by atoms with Crippen LogP contribution in [0.2, 0.25) is 0 Å². The van der Waals surface area contributed by atoms with Gasteiger partial charge in [0.05, 0.1) is 0 Å². The first-order valence-corrected chi connectivity index (χ1v) is 9.67. The Hall–Kier alpha value is -4.74. The predicted molar refractivity (Wildman–Crippen MR) is 115 cm³/mol. The molecule has 33 heavy (non-hydrogen) atoms. The van der Waals surface area contributed by atoms with Crippen LogP contribution in [-0.2, 0) is 11.2 Å². The van der Waals surface area contributed by atoms with Gasteiger partial charge in [0.2, 0.25) is 6.79 Å². The monoisotopic (exact) mass is 453 g/mol. The van der Waals surface area contributed by atoms with Crippen LogP contribution in [0.15, 0.2) is 42.5 Å². The van der Waals surface area contributed by atoms with Gasteiger partial charge in [0.15, 0.2) is 23.9 Å². The second kappa shape index (κ2) is 9.18. The molecule has 3 amide bonds. The number of carboxylic acids is 1. The van der Waals surface area contributed by atoms with E-state index in [1.807, 2.05) is 0 Å². The molecule has 0 saturated heterocycles. The summed E-state index contributed by atoms with van der Waals surface area (Å²) in [6.07, 6.45) is 0.297. The number of amides is 3. The molecule has 12 heteroatoms. The quantitative estimate of drug-likeness (QED) is 0.343. The third-order valence-electron chi connectivity index (χ3n) is 4.52. The maximum Gasteiger partial charge on any atom is 0.341 e. The number of aliphatic carboxylic acids is 1. The van der Waals surface area contributed by atoms with Gasteiger partial charge in [-0.2, -0.15) is 0 Å². The zero-order valence-electron chi connectivity index (χ0n) is 17.1. The molecule has 4 rings (SSSR count). The number of hydrogen-bond donors (Lipinski definition) is 5. The first kappa shape index (κ1) is 21.5. The molecule has 2 heterocycles. The molecular formula is C21H19N5O7. The van der Waals surface area contributed by atoms with Crippen LogP contribution in [0.4, 0.5) is 16.3 Å². The van der Waals surface area contributed by atoms with E-state index in [9.17, 15) is 14.4 Å². The maximum absolute atomic E-state index is 12.4. The van der Waals surface area contributed by atoms with Crippen LogP contribution >= 0.6 is 0 Å². The van der Waals surface area contributed by atoms with Crippen molar-refractivity contribution in [2.75, 3.05) is 24.0 Å². The fourth-order valence-electron chi connectivity index (χ4n) is 3.06. The summed E-state index contributed by atoms with van der Waals surface area (Å²) in [4.78, 5) is 41.9. The minimum Gasteiger partial charge on any atom is -0.482 e. The summed E-state index contributed by atoms with van der Waals surface area (Å²) in [5.74, 6) is 0.00254. The van der Waals surface area contributed by atoms with E-state index in [1.54, 1.807) is 42.5 Å². The van der Waals surface area contributed by atoms with E-state index in [2.05, 4.69) is 20.6 Å². The number of carboxylic acid groups (broad SMARTS) is 1. The summed E-state index contributed by atoms with van der Waals surface area (Å²) >= 11 is 0. The van der Waals surface area contributed by atoms with Gasteiger partial charge in [0.1, 0.15) is 17.3 Å². The van der Waals surface area contributed by atoms with Crippen LogP contribution in [0.1, 0.15) is 21.9 Å². The number of aromatic nitrogens is 2. The minimum absolute atomic E-state index is 0.0165. The summed E-state index contributed by atoms with van der Waals surface area (Å²) < 4.78 is 15.6. The lowest BCUT2D eigenvalue weighted by atomic mass is 10.1. The van der Waals surface area contributed by atoms with Gasteiger partial charge >= 0.3 is 12.0 Å². The Kier molecular flexibility index (Phi) is 5.98. The number of H-pyrrole nitrogens is 1. The molecule has 1 aromatic heterocycles. The fourth-order valence-corrected chi connectivity index (χ4v) is 3.06. The largest absolute Gasteiger partial charge is 0.482 e. The van der Waals surface area contributed by atoms with Crippen molar-refractivity contribution in [3.63, 3.8) is 0 Å². The topological polar surface area (TPSA) is 178 Å². The summed E-state index contributed by atoms with van der Waals surface area (Å²) in [6.45, 7) is -0.329. The smallest absolute Gasteiger partial charge is 0.341 e. The Labute approximate surface area is 186 Å². The van der Waals surface area contributed by atoms with Gasteiger partial charge in [-0.3, -0.25) is 10.1 Å². The maximum atomic E-state index is 12.4. The summed E-state index contributed by atoms with van der Waals surface area (Å²) in [5.41, 5.74) is 6.62. The molecule has 0 bridgehead atoms. The third kappa shape index (κ3) is 5.31. The Morgan fingerprint density at radius 1 is 1.09 bits per heavy atom. The van der Waals surface area contributed by atoms with Crippen molar-refractivity contribution >= 4 is 29.4 Å². The van der Waals surface area contributed by atoms with Crippen molar-refractivity contribution in [2.24, 2.45) is 5.73 Å². The highest BCUT2D eigenvalue weighted by Crippen LogP contribution is 2.34. The molecule has 3 aromatic rings. The molecule has 1 aliphatic heterocycles. The van der Waals surface area contributed by atoms with E-state index in [1.165, 1.54) is 0 Å². The second-order valence-electron chi connectivity index (χ2n) is 6.92. The number of carbonyl (C=O) groups is 3. The van der Waals surface area contributed by atoms with Gasteiger partial charge in [0.25, 0.3) is 5.91 Å². The van der Waals surface area contributed by atoms with E-state index in [4.69, 9.17) is 25.1 Å². The van der Waals surface area contributed by atoms with Crippen molar-refractivity contribution in [3.8, 4) is 17.2 Å². The van der Waals surface area contributed by atoms with E-state index >= 15 is 0 Å². The van der Waals surface area contributed by atoms with E-state index < -0.39 is 24.5 Å². The molecule has 0 aliphatic carbocycles. The Balaban J connectivity index is 1.42. The van der Waals surface area contributed by atoms with Gasteiger partial charge in [-0.05, 0) is 29.8 Å². The number of urea groups is 1. The molecular weight excluding hydrogens is 434 g/mol. The van der Waals surface area contributed by atoms with E-state index in [-0.39, 0.29) is 18.3 Å². The fraction of sp³-hybridized carbons (Fsp3) is 0.143. The number of anilines is 2. The van der Waals surface area contributed by atoms with Gasteiger partial charge in [-0.25, -0.2) is 14.6 Å². The van der Waals surface area contributed by atoms with Crippen molar-refractivity contribution in [1.82, 2.24) is 9.97 Å². The van der Waals surface area contributed by atoms with Crippen LogP contribution in [0.3, 0.4) is 0 Å². The van der Waals surface area contributed by atoms with Gasteiger partial charge in [0, 0.05) is 18.2 Å². The van der Waals surface area contributed by atoms with Crippen LogP contribution in [0, 0.1) is 0 Å². The number of benzene rings is 2. The van der Waals surface area contributed by atoms with E-state index in [0.717, 1.165) is 5.56 Å². The number of nitrogens with one attached hydrogen (secondary N) is 3.